The Hall–Kier alpha value is -2.41. The number of fused-ring (bicyclic) bond motifs is 1. The molecule has 0 aliphatic heterocycles. The number of aromatic nitrogens is 1. The van der Waals surface area contributed by atoms with Gasteiger partial charge in [-0.3, -0.25) is 4.79 Å². The van der Waals surface area contributed by atoms with Crippen LogP contribution in [0.1, 0.15) is 24.3 Å². The molecule has 0 bridgehead atoms. The summed E-state index contributed by atoms with van der Waals surface area (Å²) in [6.45, 7) is 3.78. The molecule has 0 aliphatic rings. The number of pyridine rings is 1. The fraction of sp³-hybridized carbons (Fsp3) is 0.267. The van der Waals surface area contributed by atoms with Crippen molar-refractivity contribution in [2.24, 2.45) is 5.92 Å². The minimum Gasteiger partial charge on any atom is -0.335 e. The van der Waals surface area contributed by atoms with Crippen LogP contribution in [0.3, 0.4) is 0 Å². The quantitative estimate of drug-likeness (QED) is 0.914. The van der Waals surface area contributed by atoms with E-state index in [1.54, 1.807) is 6.07 Å². The number of carbonyl (C=O) groups is 1. The molecule has 1 aromatic carbocycles. The lowest BCUT2D eigenvalue weighted by atomic mass is 10.1. The normalized spacial score (nSPS) is 12.1. The Morgan fingerprint density at radius 3 is 2.68 bits per heavy atom. The summed E-state index contributed by atoms with van der Waals surface area (Å²) in [7, 11) is 0. The monoisotopic (exact) mass is 253 g/mol. The van der Waals surface area contributed by atoms with Crippen LogP contribution < -0.4 is 5.32 Å². The topological polar surface area (TPSA) is 65.8 Å². The summed E-state index contributed by atoms with van der Waals surface area (Å²) in [4.78, 5) is 16.3. The maximum atomic E-state index is 12.0. The SMILES string of the molecule is CC(C)C(C#N)NC(=O)c1ccc2ccccc2n1. The zero-order valence-corrected chi connectivity index (χ0v) is 10.9. The van der Waals surface area contributed by atoms with Crippen LogP contribution in [0.15, 0.2) is 36.4 Å². The van der Waals surface area contributed by atoms with Crippen molar-refractivity contribution in [2.75, 3.05) is 0 Å². The van der Waals surface area contributed by atoms with Crippen LogP contribution in [-0.2, 0) is 0 Å². The van der Waals surface area contributed by atoms with Gasteiger partial charge in [0.1, 0.15) is 11.7 Å². The van der Waals surface area contributed by atoms with Gasteiger partial charge < -0.3 is 5.32 Å². The predicted octanol–water partition coefficient (Wildman–Crippen LogP) is 2.51. The molecule has 1 aromatic heterocycles. The summed E-state index contributed by atoms with van der Waals surface area (Å²) in [6.07, 6.45) is 0. The van der Waals surface area contributed by atoms with Gasteiger partial charge in [0.25, 0.3) is 5.91 Å². The molecule has 0 saturated carbocycles. The molecule has 2 rings (SSSR count). The van der Waals surface area contributed by atoms with Gasteiger partial charge in [0.15, 0.2) is 0 Å². The van der Waals surface area contributed by atoms with Crippen LogP contribution in [-0.4, -0.2) is 16.9 Å². The largest absolute Gasteiger partial charge is 0.335 e. The Kier molecular flexibility index (Phi) is 3.76. The van der Waals surface area contributed by atoms with Crippen molar-refractivity contribution in [1.29, 1.82) is 5.26 Å². The second kappa shape index (κ2) is 5.49. The van der Waals surface area contributed by atoms with Crippen molar-refractivity contribution in [3.05, 3.63) is 42.1 Å². The van der Waals surface area contributed by atoms with Gasteiger partial charge in [-0.25, -0.2) is 4.98 Å². The van der Waals surface area contributed by atoms with Gasteiger partial charge in [0.05, 0.1) is 11.6 Å². The van der Waals surface area contributed by atoms with Crippen molar-refractivity contribution >= 4 is 16.8 Å². The van der Waals surface area contributed by atoms with E-state index in [1.165, 1.54) is 0 Å². The molecule has 0 radical (unpaired) electrons. The molecule has 1 unspecified atom stereocenters. The number of nitriles is 1. The maximum Gasteiger partial charge on any atom is 0.270 e. The molecule has 0 saturated heterocycles. The summed E-state index contributed by atoms with van der Waals surface area (Å²) in [5, 5.41) is 12.6. The van der Waals surface area contributed by atoms with Gasteiger partial charge in [-0.15, -0.1) is 0 Å². The molecule has 96 valence electrons. The Labute approximate surface area is 112 Å². The number of carbonyl (C=O) groups excluding carboxylic acids is 1. The summed E-state index contributed by atoms with van der Waals surface area (Å²) < 4.78 is 0. The third-order valence-electron chi connectivity index (χ3n) is 2.92. The van der Waals surface area contributed by atoms with E-state index >= 15 is 0 Å². The molecule has 0 aliphatic carbocycles. The van der Waals surface area contributed by atoms with Gasteiger partial charge in [0, 0.05) is 5.39 Å². The van der Waals surface area contributed by atoms with Gasteiger partial charge in [-0.05, 0) is 18.1 Å². The first kappa shape index (κ1) is 13.0. The van der Waals surface area contributed by atoms with Crippen LogP contribution in [0.5, 0.6) is 0 Å². The highest BCUT2D eigenvalue weighted by Crippen LogP contribution is 2.12. The van der Waals surface area contributed by atoms with Crippen LogP contribution in [0.25, 0.3) is 10.9 Å². The number of hydrogen-bond donors (Lipinski definition) is 1. The van der Waals surface area contributed by atoms with Crippen LogP contribution in [0, 0.1) is 17.2 Å². The van der Waals surface area contributed by atoms with Gasteiger partial charge >= 0.3 is 0 Å². The lowest BCUT2D eigenvalue weighted by Gasteiger charge is -2.14. The first-order chi connectivity index (χ1) is 9.11. The number of hydrogen-bond acceptors (Lipinski definition) is 3. The molecular formula is C15H15N3O. The van der Waals surface area contributed by atoms with Crippen molar-refractivity contribution < 1.29 is 4.79 Å². The van der Waals surface area contributed by atoms with Crippen LogP contribution in [0.4, 0.5) is 0 Å². The van der Waals surface area contributed by atoms with Gasteiger partial charge in [0.2, 0.25) is 0 Å². The lowest BCUT2D eigenvalue weighted by Crippen LogP contribution is -2.37. The minimum absolute atomic E-state index is 0.0643. The first-order valence-corrected chi connectivity index (χ1v) is 6.18. The molecule has 1 amide bonds. The smallest absolute Gasteiger partial charge is 0.270 e. The predicted molar refractivity (Wildman–Crippen MR) is 73.4 cm³/mol. The first-order valence-electron chi connectivity index (χ1n) is 6.18. The Bertz CT molecular complexity index is 643. The molecule has 4 heteroatoms. The Morgan fingerprint density at radius 2 is 2.00 bits per heavy atom. The summed E-state index contributed by atoms with van der Waals surface area (Å²) in [5.41, 5.74) is 1.10. The highest BCUT2D eigenvalue weighted by molar-refractivity contribution is 5.95. The van der Waals surface area contributed by atoms with E-state index < -0.39 is 6.04 Å². The molecule has 1 heterocycles. The second-order valence-corrected chi connectivity index (χ2v) is 4.71. The van der Waals surface area contributed by atoms with E-state index in [0.29, 0.717) is 5.69 Å². The number of amides is 1. The number of benzene rings is 1. The fourth-order valence-corrected chi connectivity index (χ4v) is 1.76. The van der Waals surface area contributed by atoms with Crippen molar-refractivity contribution in [2.45, 2.75) is 19.9 Å². The highest BCUT2D eigenvalue weighted by Gasteiger charge is 2.17. The third kappa shape index (κ3) is 2.89. The number of para-hydroxylation sites is 1. The standard InChI is InChI=1S/C15H15N3O/c1-10(2)14(9-16)18-15(19)13-8-7-11-5-3-4-6-12(11)17-13/h3-8,10,14H,1-2H3,(H,18,19). The Balaban J connectivity index is 2.24. The van der Waals surface area contributed by atoms with E-state index in [2.05, 4.69) is 16.4 Å². The van der Waals surface area contributed by atoms with E-state index in [0.717, 1.165) is 10.9 Å². The summed E-state index contributed by atoms with van der Waals surface area (Å²) in [6, 6.07) is 12.7. The fourth-order valence-electron chi connectivity index (χ4n) is 1.76. The van der Waals surface area contributed by atoms with Gasteiger partial charge in [-0.2, -0.15) is 5.26 Å². The number of rotatable bonds is 3. The van der Waals surface area contributed by atoms with Crippen molar-refractivity contribution in [3.8, 4) is 6.07 Å². The second-order valence-electron chi connectivity index (χ2n) is 4.71. The van der Waals surface area contributed by atoms with Crippen LogP contribution in [0.2, 0.25) is 0 Å². The highest BCUT2D eigenvalue weighted by atomic mass is 16.1. The third-order valence-corrected chi connectivity index (χ3v) is 2.92. The summed E-state index contributed by atoms with van der Waals surface area (Å²) in [5.74, 6) is -0.250. The maximum absolute atomic E-state index is 12.0. The van der Waals surface area contributed by atoms with E-state index in [4.69, 9.17) is 5.26 Å². The van der Waals surface area contributed by atoms with Crippen LogP contribution >= 0.6 is 0 Å². The molecule has 1 N–H and O–H groups in total. The Morgan fingerprint density at radius 1 is 1.26 bits per heavy atom. The minimum atomic E-state index is -0.499. The van der Waals surface area contributed by atoms with E-state index in [9.17, 15) is 4.79 Å². The zero-order valence-electron chi connectivity index (χ0n) is 10.9. The molecular weight excluding hydrogens is 238 g/mol. The zero-order chi connectivity index (χ0) is 13.8. The molecule has 0 fully saturated rings. The summed E-state index contributed by atoms with van der Waals surface area (Å²) >= 11 is 0. The van der Waals surface area contributed by atoms with Gasteiger partial charge in [-0.1, -0.05) is 38.1 Å². The van der Waals surface area contributed by atoms with Crippen molar-refractivity contribution in [3.63, 3.8) is 0 Å². The average molecular weight is 253 g/mol. The molecule has 2 aromatic rings. The molecule has 0 spiro atoms. The van der Waals surface area contributed by atoms with E-state index in [-0.39, 0.29) is 11.8 Å². The molecule has 4 nitrogen and oxygen atoms in total. The lowest BCUT2D eigenvalue weighted by molar-refractivity contribution is 0.0933. The number of nitrogens with one attached hydrogen (secondary N) is 1. The molecule has 19 heavy (non-hydrogen) atoms. The van der Waals surface area contributed by atoms with Crippen molar-refractivity contribution in [1.82, 2.24) is 10.3 Å². The molecule has 1 atom stereocenters. The van der Waals surface area contributed by atoms with E-state index in [1.807, 2.05) is 44.2 Å². The average Bonchev–Trinajstić information content (AvgIpc) is 2.43. The number of nitrogens with zero attached hydrogens (tertiary/aromatic N) is 2.